The van der Waals surface area contributed by atoms with Crippen LogP contribution in [0.15, 0.2) is 78.9 Å². The zero-order valence-corrected chi connectivity index (χ0v) is 16.4. The minimum absolute atomic E-state index is 0.247. The van der Waals surface area contributed by atoms with Gasteiger partial charge in [0.2, 0.25) is 0 Å². The first-order valence-corrected chi connectivity index (χ1v) is 10.1. The number of hydrogen-bond acceptors (Lipinski definition) is 3. The van der Waals surface area contributed by atoms with E-state index in [2.05, 4.69) is 29.2 Å². The Bertz CT molecular complexity index is 875. The molecule has 4 rings (SSSR count). The Morgan fingerprint density at radius 1 is 0.931 bits per heavy atom. The maximum atomic E-state index is 13.4. The first-order valence-electron chi connectivity index (χ1n) is 10.1. The number of aryl methyl sites for hydroxylation is 1. The highest BCUT2D eigenvalue weighted by molar-refractivity contribution is 5.36. The lowest BCUT2D eigenvalue weighted by atomic mass is 9.98. The third-order valence-electron chi connectivity index (χ3n) is 5.37. The van der Waals surface area contributed by atoms with E-state index in [1.54, 1.807) is 6.07 Å². The zero-order valence-electron chi connectivity index (χ0n) is 16.4. The molecule has 150 valence electrons. The van der Waals surface area contributed by atoms with Gasteiger partial charge in [0.25, 0.3) is 0 Å². The van der Waals surface area contributed by atoms with Gasteiger partial charge < -0.3 is 9.84 Å². The van der Waals surface area contributed by atoms with Gasteiger partial charge in [0.05, 0.1) is 0 Å². The molecule has 0 unspecified atom stereocenters. The second-order valence-electron chi connectivity index (χ2n) is 7.66. The number of rotatable bonds is 7. The van der Waals surface area contributed by atoms with Crippen molar-refractivity contribution in [2.45, 2.75) is 38.1 Å². The first kappa shape index (κ1) is 19.6. The minimum atomic E-state index is -0.624. The summed E-state index contributed by atoms with van der Waals surface area (Å²) in [6.07, 6.45) is 0.483. The molecule has 1 N–H and O–H groups in total. The molecule has 0 saturated carbocycles. The van der Waals surface area contributed by atoms with Crippen LogP contribution in [-0.4, -0.2) is 28.8 Å². The fourth-order valence-electron chi connectivity index (χ4n) is 3.90. The normalized spacial score (nSPS) is 16.9. The molecule has 1 heterocycles. The Hall–Kier alpha value is -2.69. The second kappa shape index (κ2) is 9.21. The fourth-order valence-corrected chi connectivity index (χ4v) is 3.90. The molecule has 0 saturated heterocycles. The van der Waals surface area contributed by atoms with Crippen molar-refractivity contribution in [1.29, 1.82) is 0 Å². The third-order valence-corrected chi connectivity index (χ3v) is 5.37. The van der Waals surface area contributed by atoms with Gasteiger partial charge in [-0.2, -0.15) is 0 Å². The van der Waals surface area contributed by atoms with E-state index in [1.165, 1.54) is 23.3 Å². The van der Waals surface area contributed by atoms with Crippen molar-refractivity contribution in [3.05, 3.63) is 101 Å². The van der Waals surface area contributed by atoms with Gasteiger partial charge in [-0.25, -0.2) is 4.39 Å². The summed E-state index contributed by atoms with van der Waals surface area (Å²) in [7, 11) is 0. The Morgan fingerprint density at radius 3 is 2.17 bits per heavy atom. The molecule has 0 aliphatic carbocycles. The molecule has 2 atom stereocenters. The summed E-state index contributed by atoms with van der Waals surface area (Å²) in [5.74, 6) is 0.433. The number of ether oxygens (including phenoxy) is 1. The topological polar surface area (TPSA) is 32.7 Å². The highest BCUT2D eigenvalue weighted by Crippen LogP contribution is 2.29. The van der Waals surface area contributed by atoms with E-state index in [9.17, 15) is 9.50 Å². The summed E-state index contributed by atoms with van der Waals surface area (Å²) < 4.78 is 19.4. The van der Waals surface area contributed by atoms with Crippen LogP contribution in [0.1, 0.15) is 23.1 Å². The predicted molar refractivity (Wildman–Crippen MR) is 112 cm³/mol. The number of nitrogens with zero attached hydrogens (tertiary/aromatic N) is 1. The van der Waals surface area contributed by atoms with E-state index >= 15 is 0 Å². The molecule has 3 nitrogen and oxygen atoms in total. The molecule has 1 aliphatic heterocycles. The van der Waals surface area contributed by atoms with E-state index in [1.807, 2.05) is 36.4 Å². The quantitative estimate of drug-likeness (QED) is 0.640. The number of hydrogen-bond donors (Lipinski definition) is 1. The van der Waals surface area contributed by atoms with Crippen molar-refractivity contribution >= 4 is 0 Å². The number of fused-ring (bicyclic) bond motifs is 1. The predicted octanol–water partition coefficient (Wildman–Crippen LogP) is 4.58. The van der Waals surface area contributed by atoms with Crippen LogP contribution >= 0.6 is 0 Å². The van der Waals surface area contributed by atoms with E-state index in [-0.39, 0.29) is 11.9 Å². The average Bonchev–Trinajstić information content (AvgIpc) is 2.74. The SMILES string of the molecule is O[C@@H](CN(Cc1ccccc1)Cc1ccccc1)[C@H]1CCc2cc(F)ccc2O1. The molecule has 29 heavy (non-hydrogen) atoms. The lowest BCUT2D eigenvalue weighted by molar-refractivity contribution is -0.00136. The summed E-state index contributed by atoms with van der Waals surface area (Å²) in [6.45, 7) is 2.01. The molecule has 0 fully saturated rings. The molecule has 0 spiro atoms. The van der Waals surface area contributed by atoms with Crippen LogP contribution in [0.2, 0.25) is 0 Å². The summed E-state index contributed by atoms with van der Waals surface area (Å²) in [4.78, 5) is 2.25. The van der Waals surface area contributed by atoms with Gasteiger partial charge in [0.1, 0.15) is 23.8 Å². The standard InChI is InChI=1S/C25H26FNO2/c26-22-12-14-24-21(15-22)11-13-25(29-24)23(28)18-27(16-19-7-3-1-4-8-19)17-20-9-5-2-6-10-20/h1-10,12,14-15,23,25,28H,11,13,16-18H2/t23-,25+/m0/s1. The fraction of sp³-hybridized carbons (Fsp3) is 0.280. The minimum Gasteiger partial charge on any atom is -0.487 e. The number of halogens is 1. The van der Waals surface area contributed by atoms with Crippen molar-refractivity contribution < 1.29 is 14.2 Å². The van der Waals surface area contributed by atoms with E-state index in [4.69, 9.17) is 4.74 Å². The lowest BCUT2D eigenvalue weighted by Gasteiger charge is -2.33. The Morgan fingerprint density at radius 2 is 1.55 bits per heavy atom. The van der Waals surface area contributed by atoms with Crippen LogP contribution in [0.4, 0.5) is 4.39 Å². The van der Waals surface area contributed by atoms with Crippen LogP contribution in [-0.2, 0) is 19.5 Å². The molecule has 1 aliphatic rings. The molecule has 0 radical (unpaired) electrons. The van der Waals surface area contributed by atoms with Gasteiger partial charge in [-0.3, -0.25) is 4.90 Å². The molecule has 3 aromatic carbocycles. The van der Waals surface area contributed by atoms with Crippen LogP contribution in [0.3, 0.4) is 0 Å². The Kier molecular flexibility index (Phi) is 6.23. The maximum Gasteiger partial charge on any atom is 0.126 e. The van der Waals surface area contributed by atoms with Crippen LogP contribution in [0, 0.1) is 5.82 Å². The first-order chi connectivity index (χ1) is 14.2. The number of aliphatic hydroxyl groups is 1. The molecule has 0 bridgehead atoms. The lowest BCUT2D eigenvalue weighted by Crippen LogP contribution is -2.43. The number of benzene rings is 3. The highest BCUT2D eigenvalue weighted by atomic mass is 19.1. The molecule has 4 heteroatoms. The maximum absolute atomic E-state index is 13.4. The van der Waals surface area contributed by atoms with Crippen LogP contribution in [0.25, 0.3) is 0 Å². The Labute approximate surface area is 171 Å². The molecule has 3 aromatic rings. The molecule has 0 amide bonds. The average molecular weight is 391 g/mol. The van der Waals surface area contributed by atoms with E-state index < -0.39 is 6.10 Å². The van der Waals surface area contributed by atoms with Crippen molar-refractivity contribution in [3.63, 3.8) is 0 Å². The van der Waals surface area contributed by atoms with E-state index in [0.29, 0.717) is 25.1 Å². The highest BCUT2D eigenvalue weighted by Gasteiger charge is 2.28. The largest absolute Gasteiger partial charge is 0.487 e. The number of aliphatic hydroxyl groups excluding tert-OH is 1. The van der Waals surface area contributed by atoms with Gasteiger partial charge in [0, 0.05) is 19.6 Å². The van der Waals surface area contributed by atoms with Crippen LogP contribution in [0.5, 0.6) is 5.75 Å². The van der Waals surface area contributed by atoms with Gasteiger partial charge in [-0.1, -0.05) is 60.7 Å². The summed E-state index contributed by atoms with van der Waals surface area (Å²) >= 11 is 0. The van der Waals surface area contributed by atoms with Crippen LogP contribution < -0.4 is 4.74 Å². The third kappa shape index (κ3) is 5.22. The van der Waals surface area contributed by atoms with Gasteiger partial charge in [0.15, 0.2) is 0 Å². The molecule has 0 aromatic heterocycles. The monoisotopic (exact) mass is 391 g/mol. The van der Waals surface area contributed by atoms with Gasteiger partial charge in [-0.05, 0) is 47.7 Å². The van der Waals surface area contributed by atoms with Crippen molar-refractivity contribution in [1.82, 2.24) is 4.90 Å². The summed E-state index contributed by atoms with van der Waals surface area (Å²) in [6, 6.07) is 25.2. The van der Waals surface area contributed by atoms with Crippen molar-refractivity contribution in [2.24, 2.45) is 0 Å². The van der Waals surface area contributed by atoms with Gasteiger partial charge >= 0.3 is 0 Å². The van der Waals surface area contributed by atoms with E-state index in [0.717, 1.165) is 18.7 Å². The Balaban J connectivity index is 1.45. The molecular weight excluding hydrogens is 365 g/mol. The second-order valence-corrected chi connectivity index (χ2v) is 7.66. The van der Waals surface area contributed by atoms with Gasteiger partial charge in [-0.15, -0.1) is 0 Å². The van der Waals surface area contributed by atoms with Crippen molar-refractivity contribution in [3.8, 4) is 5.75 Å². The van der Waals surface area contributed by atoms with Crippen molar-refractivity contribution in [2.75, 3.05) is 6.54 Å². The smallest absolute Gasteiger partial charge is 0.126 e. The summed E-state index contributed by atoms with van der Waals surface area (Å²) in [5, 5.41) is 10.9. The zero-order chi connectivity index (χ0) is 20.1. The summed E-state index contributed by atoms with van der Waals surface area (Å²) in [5.41, 5.74) is 3.29. The molecular formula is C25H26FNO2.